The van der Waals surface area contributed by atoms with Crippen LogP contribution in [0.15, 0.2) is 48.5 Å². The van der Waals surface area contributed by atoms with Crippen molar-refractivity contribution in [2.45, 2.75) is 19.4 Å². The minimum absolute atomic E-state index is 0.0181. The van der Waals surface area contributed by atoms with Crippen LogP contribution >= 0.6 is 0 Å². The van der Waals surface area contributed by atoms with Crippen molar-refractivity contribution in [3.8, 4) is 0 Å². The number of non-ortho nitro benzene ring substituents is 1. The van der Waals surface area contributed by atoms with Crippen molar-refractivity contribution in [1.82, 2.24) is 5.32 Å². The average Bonchev–Trinajstić information content (AvgIpc) is 2.73. The second-order valence-electron chi connectivity index (χ2n) is 7.32. The molecule has 0 radical (unpaired) electrons. The summed E-state index contributed by atoms with van der Waals surface area (Å²) >= 11 is 0. The first-order valence-electron chi connectivity index (χ1n) is 9.70. The van der Waals surface area contributed by atoms with E-state index in [-0.39, 0.29) is 28.5 Å². The van der Waals surface area contributed by atoms with Gasteiger partial charge in [0.2, 0.25) is 5.91 Å². The summed E-state index contributed by atoms with van der Waals surface area (Å²) in [6.07, 6.45) is 0.520. The van der Waals surface area contributed by atoms with Crippen molar-refractivity contribution in [2.24, 2.45) is 5.92 Å². The molecule has 2 atom stereocenters. The molecule has 2 aromatic carbocycles. The third kappa shape index (κ3) is 3.28. The number of amides is 1. The van der Waals surface area contributed by atoms with Crippen LogP contribution in [0.1, 0.15) is 12.5 Å². The first-order valence-corrected chi connectivity index (χ1v) is 9.70. The van der Waals surface area contributed by atoms with Crippen LogP contribution in [0.25, 0.3) is 0 Å². The number of fused-ring (bicyclic) bond motifs is 3. The first-order chi connectivity index (χ1) is 13.6. The van der Waals surface area contributed by atoms with E-state index in [1.54, 1.807) is 12.1 Å². The molecule has 0 saturated carbocycles. The maximum absolute atomic E-state index is 12.8. The van der Waals surface area contributed by atoms with Gasteiger partial charge in [0, 0.05) is 49.7 Å². The number of nitrogens with zero attached hydrogens (tertiary/aromatic N) is 3. The van der Waals surface area contributed by atoms with E-state index >= 15 is 0 Å². The number of carbonyl (C=O) groups excluding carboxylic acids is 1. The van der Waals surface area contributed by atoms with Gasteiger partial charge in [0.1, 0.15) is 0 Å². The standard InChI is InChI=1S/C21H24N4O3/c1-2-22-21(26)18-13-15-12-17(25(27)28)8-9-19(15)24-11-10-23(14-20(18)24)16-6-4-3-5-7-16/h3-9,12,18,20H,2,10-11,13-14H2,1H3,(H,22,26)/t18-,20-/m1/s1. The molecule has 1 amide bonds. The van der Waals surface area contributed by atoms with Gasteiger partial charge in [-0.1, -0.05) is 18.2 Å². The largest absolute Gasteiger partial charge is 0.368 e. The number of hydrogen-bond donors (Lipinski definition) is 1. The molecule has 1 saturated heterocycles. The quantitative estimate of drug-likeness (QED) is 0.652. The van der Waals surface area contributed by atoms with Crippen LogP contribution in [0.5, 0.6) is 0 Å². The zero-order valence-corrected chi connectivity index (χ0v) is 15.9. The summed E-state index contributed by atoms with van der Waals surface area (Å²) in [5.74, 6) is -0.217. The van der Waals surface area contributed by atoms with Crippen molar-refractivity contribution in [2.75, 3.05) is 36.0 Å². The molecule has 2 aromatic rings. The summed E-state index contributed by atoms with van der Waals surface area (Å²) in [6.45, 7) is 4.86. The van der Waals surface area contributed by atoms with E-state index in [9.17, 15) is 14.9 Å². The zero-order valence-electron chi connectivity index (χ0n) is 15.9. The average molecular weight is 380 g/mol. The highest BCUT2D eigenvalue weighted by atomic mass is 16.6. The zero-order chi connectivity index (χ0) is 19.7. The number of para-hydroxylation sites is 1. The third-order valence-electron chi connectivity index (χ3n) is 5.72. The lowest BCUT2D eigenvalue weighted by Gasteiger charge is -2.49. The van der Waals surface area contributed by atoms with Crippen LogP contribution in [-0.4, -0.2) is 43.1 Å². The van der Waals surface area contributed by atoms with Crippen LogP contribution in [0.3, 0.4) is 0 Å². The summed E-state index contributed by atoms with van der Waals surface area (Å²) in [7, 11) is 0. The number of nitro groups is 1. The molecule has 1 fully saturated rings. The monoisotopic (exact) mass is 380 g/mol. The van der Waals surface area contributed by atoms with E-state index in [1.165, 1.54) is 0 Å². The topological polar surface area (TPSA) is 78.7 Å². The Kier molecular flexibility index (Phi) is 4.90. The molecular formula is C21H24N4O3. The lowest BCUT2D eigenvalue weighted by Crippen LogP contribution is -2.61. The van der Waals surface area contributed by atoms with Crippen molar-refractivity contribution in [3.05, 3.63) is 64.2 Å². The predicted molar refractivity (Wildman–Crippen MR) is 109 cm³/mol. The molecule has 146 valence electrons. The first kappa shape index (κ1) is 18.3. The smallest absolute Gasteiger partial charge is 0.269 e. The van der Waals surface area contributed by atoms with Gasteiger partial charge in [0.25, 0.3) is 5.69 Å². The van der Waals surface area contributed by atoms with Crippen LogP contribution in [0.4, 0.5) is 17.1 Å². The molecular weight excluding hydrogens is 356 g/mol. The van der Waals surface area contributed by atoms with Gasteiger partial charge in [0.15, 0.2) is 0 Å². The Bertz CT molecular complexity index is 886. The molecule has 7 heteroatoms. The summed E-state index contributed by atoms with van der Waals surface area (Å²) in [5, 5.41) is 14.1. The normalized spacial score (nSPS) is 20.9. The Morgan fingerprint density at radius 2 is 2.00 bits per heavy atom. The van der Waals surface area contributed by atoms with Gasteiger partial charge in [-0.25, -0.2) is 0 Å². The van der Waals surface area contributed by atoms with E-state index in [1.807, 2.05) is 31.2 Å². The van der Waals surface area contributed by atoms with E-state index in [4.69, 9.17) is 0 Å². The Morgan fingerprint density at radius 1 is 1.21 bits per heavy atom. The van der Waals surface area contributed by atoms with Gasteiger partial charge in [-0.3, -0.25) is 14.9 Å². The number of carbonyl (C=O) groups is 1. The summed E-state index contributed by atoms with van der Waals surface area (Å²) < 4.78 is 0. The molecule has 0 aromatic heterocycles. The van der Waals surface area contributed by atoms with Gasteiger partial charge in [-0.2, -0.15) is 0 Å². The Morgan fingerprint density at radius 3 is 2.71 bits per heavy atom. The van der Waals surface area contributed by atoms with Crippen LogP contribution in [0.2, 0.25) is 0 Å². The fourth-order valence-corrected chi connectivity index (χ4v) is 4.40. The van der Waals surface area contributed by atoms with E-state index in [0.717, 1.165) is 36.6 Å². The van der Waals surface area contributed by atoms with Crippen LogP contribution in [-0.2, 0) is 11.2 Å². The molecule has 7 nitrogen and oxygen atoms in total. The molecule has 28 heavy (non-hydrogen) atoms. The number of rotatable bonds is 4. The number of nitro benzene ring substituents is 1. The maximum Gasteiger partial charge on any atom is 0.269 e. The number of hydrogen-bond acceptors (Lipinski definition) is 5. The number of piperazine rings is 1. The second kappa shape index (κ2) is 7.50. The highest BCUT2D eigenvalue weighted by Gasteiger charge is 2.41. The van der Waals surface area contributed by atoms with E-state index in [0.29, 0.717) is 13.0 Å². The SMILES string of the molecule is CCNC(=O)[C@@H]1Cc2cc([N+](=O)[O-])ccc2N2CCN(c3ccccc3)C[C@H]12. The summed E-state index contributed by atoms with van der Waals surface area (Å²) in [5.41, 5.74) is 3.14. The fraction of sp³-hybridized carbons (Fsp3) is 0.381. The summed E-state index contributed by atoms with van der Waals surface area (Å²) in [4.78, 5) is 28.2. The van der Waals surface area contributed by atoms with Crippen molar-refractivity contribution in [1.29, 1.82) is 0 Å². The number of benzene rings is 2. The third-order valence-corrected chi connectivity index (χ3v) is 5.72. The van der Waals surface area contributed by atoms with Gasteiger partial charge in [-0.05, 0) is 37.1 Å². The van der Waals surface area contributed by atoms with Crippen LogP contribution in [0, 0.1) is 16.0 Å². The Balaban J connectivity index is 1.68. The highest BCUT2D eigenvalue weighted by Crippen LogP contribution is 2.38. The molecule has 1 N–H and O–H groups in total. The van der Waals surface area contributed by atoms with Gasteiger partial charge in [-0.15, -0.1) is 0 Å². The lowest BCUT2D eigenvalue weighted by molar-refractivity contribution is -0.384. The molecule has 0 unspecified atom stereocenters. The summed E-state index contributed by atoms with van der Waals surface area (Å²) in [6, 6.07) is 15.3. The molecule has 0 aliphatic carbocycles. The molecule has 2 aliphatic heterocycles. The molecule has 4 rings (SSSR count). The van der Waals surface area contributed by atoms with E-state index in [2.05, 4.69) is 27.2 Å². The second-order valence-corrected chi connectivity index (χ2v) is 7.32. The number of nitrogens with one attached hydrogen (secondary N) is 1. The lowest BCUT2D eigenvalue weighted by atomic mass is 9.83. The molecule has 0 spiro atoms. The fourth-order valence-electron chi connectivity index (χ4n) is 4.40. The van der Waals surface area contributed by atoms with Crippen molar-refractivity contribution >= 4 is 23.0 Å². The van der Waals surface area contributed by atoms with Crippen LogP contribution < -0.4 is 15.1 Å². The van der Waals surface area contributed by atoms with Gasteiger partial charge >= 0.3 is 0 Å². The van der Waals surface area contributed by atoms with E-state index < -0.39 is 0 Å². The maximum atomic E-state index is 12.8. The molecule has 2 aliphatic rings. The van der Waals surface area contributed by atoms with Gasteiger partial charge < -0.3 is 15.1 Å². The minimum Gasteiger partial charge on any atom is -0.368 e. The highest BCUT2D eigenvalue weighted by molar-refractivity contribution is 5.82. The number of anilines is 2. The minimum atomic E-state index is -0.374. The molecule has 0 bridgehead atoms. The van der Waals surface area contributed by atoms with Crippen molar-refractivity contribution < 1.29 is 9.72 Å². The van der Waals surface area contributed by atoms with Crippen molar-refractivity contribution in [3.63, 3.8) is 0 Å². The Hall–Kier alpha value is -3.09. The predicted octanol–water partition coefficient (Wildman–Crippen LogP) is 2.60. The molecule has 2 heterocycles. The van der Waals surface area contributed by atoms with Gasteiger partial charge in [0.05, 0.1) is 16.9 Å². The Labute approximate surface area is 164 Å².